The summed E-state index contributed by atoms with van der Waals surface area (Å²) in [7, 11) is -2.53. The number of carbonyl (C=O) groups excluding carboxylic acids is 1. The van der Waals surface area contributed by atoms with Gasteiger partial charge in [0.1, 0.15) is 0 Å². The van der Waals surface area contributed by atoms with Gasteiger partial charge in [0.25, 0.3) is 0 Å². The molecule has 0 unspecified atom stereocenters. The van der Waals surface area contributed by atoms with Crippen molar-refractivity contribution in [3.8, 4) is 0 Å². The molecule has 0 bridgehead atoms. The maximum Gasteiger partial charge on any atom is 0.406 e. The molecule has 1 amide bonds. The Morgan fingerprint density at radius 2 is 2.00 bits per heavy atom. The van der Waals surface area contributed by atoms with Crippen LogP contribution in [0.1, 0.15) is 0 Å². The first-order valence-corrected chi connectivity index (χ1v) is 7.35. The fourth-order valence-corrected chi connectivity index (χ4v) is 2.38. The zero-order valence-electron chi connectivity index (χ0n) is 10.9. The molecule has 0 saturated heterocycles. The molecule has 0 aliphatic rings. The highest BCUT2D eigenvalue weighted by Gasteiger charge is 2.18. The van der Waals surface area contributed by atoms with Crippen LogP contribution in [-0.4, -0.2) is 41.0 Å². The molecule has 0 aromatic heterocycles. The second-order valence-electron chi connectivity index (χ2n) is 3.85. The number of hydrogen-bond donors (Lipinski definition) is 1. The van der Waals surface area contributed by atoms with E-state index in [9.17, 15) is 22.0 Å². The van der Waals surface area contributed by atoms with Crippen LogP contribution in [0.15, 0.2) is 18.2 Å². The van der Waals surface area contributed by atoms with Crippen LogP contribution in [0.25, 0.3) is 0 Å². The summed E-state index contributed by atoms with van der Waals surface area (Å²) in [5, 5.41) is 2.30. The highest BCUT2D eigenvalue weighted by Crippen LogP contribution is 2.19. The highest BCUT2D eigenvalue weighted by atomic mass is 32.2. The summed E-state index contributed by atoms with van der Waals surface area (Å²) in [6, 6.07) is 2.74. The van der Waals surface area contributed by atoms with E-state index < -0.39 is 27.8 Å². The van der Waals surface area contributed by atoms with Crippen molar-refractivity contribution in [2.24, 2.45) is 0 Å². The minimum Gasteiger partial charge on any atom is -0.453 e. The molecule has 1 N–H and O–H groups in total. The van der Waals surface area contributed by atoms with E-state index in [0.717, 1.165) is 28.8 Å². The number of sulfonamides is 1. The molecule has 6 nitrogen and oxygen atoms in total. The number of ether oxygens (including phenoxy) is 1. The quantitative estimate of drug-likeness (QED) is 0.883. The standard InChI is InChI=1S/C11H14F2N2O4S/c1-19-11(16)14-5-6-15(20(2,17)18)8-3-4-9(12)10(13)7-8/h3-4,7H,5-6H2,1-2H3,(H,14,16). The first-order valence-electron chi connectivity index (χ1n) is 5.50. The van der Waals surface area contributed by atoms with Crippen molar-refractivity contribution in [3.63, 3.8) is 0 Å². The predicted octanol–water partition coefficient (Wildman–Crippen LogP) is 1.09. The first-order chi connectivity index (χ1) is 9.25. The zero-order chi connectivity index (χ0) is 15.3. The van der Waals surface area contributed by atoms with Crippen LogP contribution >= 0.6 is 0 Å². The molecule has 0 heterocycles. The number of alkyl carbamates (subject to hydrolysis) is 1. The lowest BCUT2D eigenvalue weighted by Gasteiger charge is -2.22. The Hall–Kier alpha value is -1.90. The van der Waals surface area contributed by atoms with Gasteiger partial charge in [-0.15, -0.1) is 0 Å². The van der Waals surface area contributed by atoms with Crippen LogP contribution in [0.4, 0.5) is 19.3 Å². The SMILES string of the molecule is COC(=O)NCCN(c1ccc(F)c(F)c1)S(C)(=O)=O. The maximum atomic E-state index is 13.1. The lowest BCUT2D eigenvalue weighted by atomic mass is 10.3. The van der Waals surface area contributed by atoms with Crippen LogP contribution < -0.4 is 9.62 Å². The number of nitrogens with zero attached hydrogens (tertiary/aromatic N) is 1. The van der Waals surface area contributed by atoms with Gasteiger partial charge in [-0.3, -0.25) is 4.31 Å². The van der Waals surface area contributed by atoms with E-state index in [1.807, 2.05) is 0 Å². The van der Waals surface area contributed by atoms with Gasteiger partial charge in [0.05, 0.1) is 25.6 Å². The van der Waals surface area contributed by atoms with E-state index in [1.165, 1.54) is 7.11 Å². The Kier molecular flexibility index (Phi) is 5.26. The Bertz CT molecular complexity index is 592. The lowest BCUT2D eigenvalue weighted by Crippen LogP contribution is -2.38. The molecule has 1 rings (SSSR count). The van der Waals surface area contributed by atoms with Gasteiger partial charge in [-0.25, -0.2) is 22.0 Å². The van der Waals surface area contributed by atoms with E-state index in [-0.39, 0.29) is 18.8 Å². The molecule has 0 radical (unpaired) electrons. The minimum atomic E-state index is -3.70. The van der Waals surface area contributed by atoms with Crippen LogP contribution in [0, 0.1) is 11.6 Å². The van der Waals surface area contributed by atoms with Gasteiger partial charge in [0.15, 0.2) is 11.6 Å². The number of hydrogen-bond acceptors (Lipinski definition) is 4. The largest absolute Gasteiger partial charge is 0.453 e. The van der Waals surface area contributed by atoms with Crippen LogP contribution in [-0.2, 0) is 14.8 Å². The van der Waals surface area contributed by atoms with E-state index >= 15 is 0 Å². The second-order valence-corrected chi connectivity index (χ2v) is 5.76. The first kappa shape index (κ1) is 16.2. The van der Waals surface area contributed by atoms with Crippen molar-refractivity contribution in [3.05, 3.63) is 29.8 Å². The third kappa shape index (κ3) is 4.34. The molecule has 1 aromatic rings. The summed E-state index contributed by atoms with van der Waals surface area (Å²) >= 11 is 0. The molecule has 0 spiro atoms. The normalized spacial score (nSPS) is 11.0. The van der Waals surface area contributed by atoms with Crippen molar-refractivity contribution in [2.75, 3.05) is 30.8 Å². The van der Waals surface area contributed by atoms with Gasteiger partial charge < -0.3 is 10.1 Å². The predicted molar refractivity (Wildman–Crippen MR) is 69.0 cm³/mol. The monoisotopic (exact) mass is 308 g/mol. The van der Waals surface area contributed by atoms with Crippen molar-refractivity contribution in [1.29, 1.82) is 0 Å². The van der Waals surface area contributed by atoms with E-state index in [0.29, 0.717) is 0 Å². The summed E-state index contributed by atoms with van der Waals surface area (Å²) in [6.45, 7) is -0.183. The molecule has 0 atom stereocenters. The summed E-state index contributed by atoms with van der Waals surface area (Å²) in [5.74, 6) is -2.23. The summed E-state index contributed by atoms with van der Waals surface area (Å²) in [4.78, 5) is 10.9. The van der Waals surface area contributed by atoms with Crippen LogP contribution in [0.5, 0.6) is 0 Å². The Balaban J connectivity index is 2.90. The van der Waals surface area contributed by atoms with E-state index in [2.05, 4.69) is 10.1 Å². The summed E-state index contributed by atoms with van der Waals surface area (Å²) < 4.78 is 54.5. The second kappa shape index (κ2) is 6.51. The lowest BCUT2D eigenvalue weighted by molar-refractivity contribution is 0.171. The third-order valence-electron chi connectivity index (χ3n) is 2.36. The van der Waals surface area contributed by atoms with Crippen LogP contribution in [0.3, 0.4) is 0 Å². The molecule has 0 aliphatic carbocycles. The average molecular weight is 308 g/mol. The Labute approximate surface area is 115 Å². The van der Waals surface area contributed by atoms with Gasteiger partial charge in [-0.2, -0.15) is 0 Å². The molecule has 0 saturated carbocycles. The number of rotatable bonds is 5. The zero-order valence-corrected chi connectivity index (χ0v) is 11.7. The van der Waals surface area contributed by atoms with Crippen LogP contribution in [0.2, 0.25) is 0 Å². The van der Waals surface area contributed by atoms with Gasteiger partial charge in [-0.05, 0) is 12.1 Å². The fourth-order valence-electron chi connectivity index (χ4n) is 1.46. The molecule has 20 heavy (non-hydrogen) atoms. The molecule has 112 valence electrons. The third-order valence-corrected chi connectivity index (χ3v) is 3.56. The molecule has 1 aromatic carbocycles. The molecular weight excluding hydrogens is 294 g/mol. The minimum absolute atomic E-state index is 0.0296. The van der Waals surface area contributed by atoms with Crippen molar-refractivity contribution in [2.45, 2.75) is 0 Å². The number of amides is 1. The Morgan fingerprint density at radius 1 is 1.35 bits per heavy atom. The van der Waals surface area contributed by atoms with E-state index in [1.54, 1.807) is 0 Å². The van der Waals surface area contributed by atoms with Gasteiger partial charge in [-0.1, -0.05) is 0 Å². The number of nitrogens with one attached hydrogen (secondary N) is 1. The fraction of sp³-hybridized carbons (Fsp3) is 0.364. The number of methoxy groups -OCH3 is 1. The number of benzene rings is 1. The Morgan fingerprint density at radius 3 is 2.50 bits per heavy atom. The molecule has 0 fully saturated rings. The summed E-state index contributed by atoms with van der Waals surface area (Å²) in [6.07, 6.45) is 0.204. The topological polar surface area (TPSA) is 75.7 Å². The molecule has 9 heteroatoms. The van der Waals surface area contributed by atoms with Gasteiger partial charge >= 0.3 is 6.09 Å². The maximum absolute atomic E-state index is 13.1. The summed E-state index contributed by atoms with van der Waals surface area (Å²) in [5.41, 5.74) is -0.0296. The number of anilines is 1. The van der Waals surface area contributed by atoms with Gasteiger partial charge in [0.2, 0.25) is 10.0 Å². The van der Waals surface area contributed by atoms with Crippen molar-refractivity contribution in [1.82, 2.24) is 5.32 Å². The van der Waals surface area contributed by atoms with E-state index in [4.69, 9.17) is 0 Å². The van der Waals surface area contributed by atoms with Gasteiger partial charge in [0, 0.05) is 12.6 Å². The smallest absolute Gasteiger partial charge is 0.406 e. The number of halogens is 2. The van der Waals surface area contributed by atoms with Crippen molar-refractivity contribution >= 4 is 21.8 Å². The molecule has 0 aliphatic heterocycles. The van der Waals surface area contributed by atoms with Crippen molar-refractivity contribution < 1.29 is 26.7 Å². The average Bonchev–Trinajstić information content (AvgIpc) is 2.36. The number of carbonyl (C=O) groups is 1. The highest BCUT2D eigenvalue weighted by molar-refractivity contribution is 7.92. The molecular formula is C11H14F2N2O4S.